The number of ether oxygens (including phenoxy) is 2. The zero-order valence-corrected chi connectivity index (χ0v) is 16.4. The van der Waals surface area contributed by atoms with Gasteiger partial charge in [-0.05, 0) is 42.3 Å². The maximum Gasteiger partial charge on any atom is 0.358 e. The number of esters is 1. The zero-order chi connectivity index (χ0) is 19.9. The Morgan fingerprint density at radius 3 is 2.57 bits per heavy atom. The summed E-state index contributed by atoms with van der Waals surface area (Å²) >= 11 is 1.33. The van der Waals surface area contributed by atoms with Gasteiger partial charge >= 0.3 is 5.97 Å². The second-order valence-corrected chi connectivity index (χ2v) is 6.76. The highest BCUT2D eigenvalue weighted by atomic mass is 32.1. The Kier molecular flexibility index (Phi) is 6.39. The van der Waals surface area contributed by atoms with Crippen molar-refractivity contribution in [1.82, 2.24) is 4.98 Å². The molecule has 0 atom stereocenters. The van der Waals surface area contributed by atoms with Crippen LogP contribution in [0.3, 0.4) is 0 Å². The van der Waals surface area contributed by atoms with Gasteiger partial charge in [-0.15, -0.1) is 11.3 Å². The highest BCUT2D eigenvalue weighted by molar-refractivity contribution is 7.13. The number of para-hydroxylation sites is 1. The second-order valence-electron chi connectivity index (χ2n) is 5.90. The maximum atomic E-state index is 12.2. The molecule has 0 fully saturated rings. The Morgan fingerprint density at radius 1 is 1.11 bits per heavy atom. The normalized spacial score (nSPS) is 10.4. The third kappa shape index (κ3) is 4.75. The van der Waals surface area contributed by atoms with Crippen LogP contribution in [0, 0.1) is 0 Å². The molecule has 1 heterocycles. The smallest absolute Gasteiger partial charge is 0.358 e. The van der Waals surface area contributed by atoms with Crippen LogP contribution in [0.25, 0.3) is 10.6 Å². The number of anilines is 1. The van der Waals surface area contributed by atoms with E-state index in [1.807, 2.05) is 55.5 Å². The van der Waals surface area contributed by atoms with Crippen molar-refractivity contribution in [2.75, 3.05) is 19.0 Å². The molecule has 0 unspecified atom stereocenters. The minimum Gasteiger partial charge on any atom is -0.497 e. The van der Waals surface area contributed by atoms with Crippen LogP contribution < -0.4 is 10.1 Å². The standard InChI is InChI=1S/C21H20N2O4S/c1-3-14-6-4-5-7-17(14)22-19(24)12-27-21(25)18-13-28-20(23-18)15-8-10-16(26-2)11-9-15/h4-11,13H,3,12H2,1-2H3,(H,22,24). The molecule has 0 aliphatic carbocycles. The fraction of sp³-hybridized carbons (Fsp3) is 0.190. The van der Waals surface area contributed by atoms with Crippen LogP contribution in [0.5, 0.6) is 5.75 Å². The number of carbonyl (C=O) groups is 2. The van der Waals surface area contributed by atoms with E-state index in [0.717, 1.165) is 29.0 Å². The van der Waals surface area contributed by atoms with E-state index in [9.17, 15) is 9.59 Å². The maximum absolute atomic E-state index is 12.2. The Balaban J connectivity index is 1.57. The molecule has 1 N–H and O–H groups in total. The molecule has 0 spiro atoms. The number of benzene rings is 2. The Morgan fingerprint density at radius 2 is 1.86 bits per heavy atom. The van der Waals surface area contributed by atoms with E-state index in [0.29, 0.717) is 5.01 Å². The first-order chi connectivity index (χ1) is 13.6. The van der Waals surface area contributed by atoms with Gasteiger partial charge in [0.2, 0.25) is 0 Å². The van der Waals surface area contributed by atoms with Gasteiger partial charge in [-0.2, -0.15) is 0 Å². The van der Waals surface area contributed by atoms with Gasteiger partial charge in [-0.1, -0.05) is 25.1 Å². The van der Waals surface area contributed by atoms with Crippen molar-refractivity contribution in [2.24, 2.45) is 0 Å². The van der Waals surface area contributed by atoms with Gasteiger partial charge in [0.25, 0.3) is 5.91 Å². The average Bonchev–Trinajstić information content (AvgIpc) is 3.23. The molecule has 7 heteroatoms. The largest absolute Gasteiger partial charge is 0.497 e. The second kappa shape index (κ2) is 9.14. The zero-order valence-electron chi connectivity index (χ0n) is 15.6. The first kappa shape index (κ1) is 19.6. The lowest BCUT2D eigenvalue weighted by atomic mass is 10.1. The summed E-state index contributed by atoms with van der Waals surface area (Å²) in [7, 11) is 1.60. The number of carbonyl (C=O) groups excluding carboxylic acids is 2. The number of rotatable bonds is 7. The molecule has 0 aliphatic heterocycles. The summed E-state index contributed by atoms with van der Waals surface area (Å²) < 4.78 is 10.2. The van der Waals surface area contributed by atoms with E-state index in [2.05, 4.69) is 10.3 Å². The molecule has 3 rings (SSSR count). The highest BCUT2D eigenvalue weighted by Crippen LogP contribution is 2.26. The quantitative estimate of drug-likeness (QED) is 0.606. The summed E-state index contributed by atoms with van der Waals surface area (Å²) in [6.07, 6.45) is 0.795. The summed E-state index contributed by atoms with van der Waals surface area (Å²) in [6.45, 7) is 1.64. The fourth-order valence-corrected chi connectivity index (χ4v) is 3.37. The average molecular weight is 396 g/mol. The topological polar surface area (TPSA) is 77.5 Å². The lowest BCUT2D eigenvalue weighted by Crippen LogP contribution is -2.21. The molecule has 2 aromatic carbocycles. The number of aryl methyl sites for hydroxylation is 1. The number of hydrogen-bond donors (Lipinski definition) is 1. The molecule has 0 saturated carbocycles. The van der Waals surface area contributed by atoms with Gasteiger partial charge in [0.05, 0.1) is 7.11 Å². The van der Waals surface area contributed by atoms with Crippen molar-refractivity contribution in [3.8, 4) is 16.3 Å². The van der Waals surface area contributed by atoms with E-state index >= 15 is 0 Å². The Labute approximate surface area is 167 Å². The molecule has 0 radical (unpaired) electrons. The number of methoxy groups -OCH3 is 1. The van der Waals surface area contributed by atoms with Crippen molar-refractivity contribution >= 4 is 28.9 Å². The molecule has 0 bridgehead atoms. The Bertz CT molecular complexity index is 967. The summed E-state index contributed by atoms with van der Waals surface area (Å²) in [6, 6.07) is 14.9. The molecule has 144 valence electrons. The van der Waals surface area contributed by atoms with E-state index < -0.39 is 5.97 Å². The van der Waals surface area contributed by atoms with Crippen LogP contribution in [-0.4, -0.2) is 30.6 Å². The monoisotopic (exact) mass is 396 g/mol. The number of nitrogens with zero attached hydrogens (tertiary/aromatic N) is 1. The van der Waals surface area contributed by atoms with Crippen LogP contribution in [0.15, 0.2) is 53.9 Å². The number of nitrogens with one attached hydrogen (secondary N) is 1. The van der Waals surface area contributed by atoms with Gasteiger partial charge in [-0.25, -0.2) is 9.78 Å². The molecule has 3 aromatic rings. The third-order valence-electron chi connectivity index (χ3n) is 4.06. The van der Waals surface area contributed by atoms with E-state index in [4.69, 9.17) is 9.47 Å². The summed E-state index contributed by atoms with van der Waals surface area (Å²) in [5.74, 6) is -0.273. The van der Waals surface area contributed by atoms with Crippen LogP contribution in [0.1, 0.15) is 23.0 Å². The van der Waals surface area contributed by atoms with Crippen molar-refractivity contribution in [3.63, 3.8) is 0 Å². The van der Waals surface area contributed by atoms with Gasteiger partial charge in [0.15, 0.2) is 12.3 Å². The first-order valence-electron chi connectivity index (χ1n) is 8.75. The van der Waals surface area contributed by atoms with Crippen LogP contribution >= 0.6 is 11.3 Å². The van der Waals surface area contributed by atoms with Crippen molar-refractivity contribution in [2.45, 2.75) is 13.3 Å². The molecule has 6 nitrogen and oxygen atoms in total. The third-order valence-corrected chi connectivity index (χ3v) is 4.95. The van der Waals surface area contributed by atoms with Crippen LogP contribution in [0.4, 0.5) is 5.69 Å². The van der Waals surface area contributed by atoms with E-state index in [1.165, 1.54) is 11.3 Å². The number of amides is 1. The van der Waals surface area contributed by atoms with Gasteiger partial charge in [0.1, 0.15) is 10.8 Å². The molecule has 1 amide bonds. The van der Waals surface area contributed by atoms with E-state index in [1.54, 1.807) is 12.5 Å². The predicted octanol–water partition coefficient (Wildman–Crippen LogP) is 4.18. The molecule has 1 aromatic heterocycles. The van der Waals surface area contributed by atoms with Crippen molar-refractivity contribution < 1.29 is 19.1 Å². The molecule has 0 saturated heterocycles. The summed E-state index contributed by atoms with van der Waals surface area (Å²) in [4.78, 5) is 28.6. The molecule has 0 aliphatic rings. The summed E-state index contributed by atoms with van der Waals surface area (Å²) in [5.41, 5.74) is 2.80. The fourth-order valence-electron chi connectivity index (χ4n) is 2.58. The summed E-state index contributed by atoms with van der Waals surface area (Å²) in [5, 5.41) is 5.07. The molecular formula is C21H20N2O4S. The van der Waals surface area contributed by atoms with Gasteiger partial charge < -0.3 is 14.8 Å². The molecular weight excluding hydrogens is 376 g/mol. The molecule has 28 heavy (non-hydrogen) atoms. The highest BCUT2D eigenvalue weighted by Gasteiger charge is 2.15. The van der Waals surface area contributed by atoms with E-state index in [-0.39, 0.29) is 18.2 Å². The lowest BCUT2D eigenvalue weighted by molar-refractivity contribution is -0.119. The minimum atomic E-state index is -0.630. The van der Waals surface area contributed by atoms with Gasteiger partial charge in [-0.3, -0.25) is 4.79 Å². The Hall–Kier alpha value is -3.19. The van der Waals surface area contributed by atoms with Crippen LogP contribution in [-0.2, 0) is 16.0 Å². The minimum absolute atomic E-state index is 0.178. The number of aromatic nitrogens is 1. The van der Waals surface area contributed by atoms with Crippen LogP contribution in [0.2, 0.25) is 0 Å². The number of hydrogen-bond acceptors (Lipinski definition) is 6. The van der Waals surface area contributed by atoms with Crippen molar-refractivity contribution in [1.29, 1.82) is 0 Å². The van der Waals surface area contributed by atoms with Gasteiger partial charge in [0, 0.05) is 16.6 Å². The lowest BCUT2D eigenvalue weighted by Gasteiger charge is -2.09. The number of thiazole rings is 1. The van der Waals surface area contributed by atoms with Crippen molar-refractivity contribution in [3.05, 3.63) is 65.2 Å². The first-order valence-corrected chi connectivity index (χ1v) is 9.63. The predicted molar refractivity (Wildman–Crippen MR) is 109 cm³/mol. The SMILES string of the molecule is CCc1ccccc1NC(=O)COC(=O)c1csc(-c2ccc(OC)cc2)n1.